The number of hydrogen-bond acceptors (Lipinski definition) is 4. The van der Waals surface area contributed by atoms with Crippen LogP contribution in [-0.2, 0) is 14.1 Å². The first-order valence-electron chi connectivity index (χ1n) is 3.98. The molecule has 0 saturated carbocycles. The van der Waals surface area contributed by atoms with Gasteiger partial charge in [0.1, 0.15) is 5.82 Å². The van der Waals surface area contributed by atoms with E-state index in [9.17, 15) is 9.59 Å². The van der Waals surface area contributed by atoms with Crippen LogP contribution in [0.15, 0.2) is 14.6 Å². The van der Waals surface area contributed by atoms with E-state index in [0.717, 1.165) is 4.57 Å². The number of nitrogen functional groups attached to an aromatic ring is 1. The first-order valence-corrected chi connectivity index (χ1v) is 3.98. The van der Waals surface area contributed by atoms with E-state index in [-0.39, 0.29) is 11.4 Å². The second-order valence-corrected chi connectivity index (χ2v) is 2.89. The smallest absolute Gasteiger partial charge is 0.332 e. The van der Waals surface area contributed by atoms with E-state index in [4.69, 9.17) is 5.73 Å². The van der Waals surface area contributed by atoms with Crippen LogP contribution in [0.4, 0.5) is 5.82 Å². The maximum atomic E-state index is 11.5. The molecular weight excluding hydrogens is 184 g/mol. The number of anilines is 1. The van der Waals surface area contributed by atoms with Crippen molar-refractivity contribution in [3.05, 3.63) is 26.4 Å². The van der Waals surface area contributed by atoms with Crippen LogP contribution >= 0.6 is 0 Å². The Hall–Kier alpha value is -1.85. The Kier molecular flexibility index (Phi) is 2.55. The fourth-order valence-corrected chi connectivity index (χ4v) is 1.14. The molecule has 0 saturated heterocycles. The van der Waals surface area contributed by atoms with Gasteiger partial charge in [-0.15, -0.1) is 0 Å². The number of rotatable bonds is 1. The van der Waals surface area contributed by atoms with Crippen molar-refractivity contribution in [3.8, 4) is 0 Å². The Labute approximate surface area is 80.3 Å². The van der Waals surface area contributed by atoms with Crippen LogP contribution in [0.25, 0.3) is 0 Å². The first-order chi connectivity index (χ1) is 6.50. The Bertz CT molecular complexity index is 495. The van der Waals surface area contributed by atoms with Crippen molar-refractivity contribution in [2.24, 2.45) is 19.1 Å². The summed E-state index contributed by atoms with van der Waals surface area (Å²) in [5.41, 5.74) is 4.95. The van der Waals surface area contributed by atoms with Gasteiger partial charge in [0.15, 0.2) is 0 Å². The molecule has 0 spiro atoms. The molecule has 0 amide bonds. The van der Waals surface area contributed by atoms with E-state index >= 15 is 0 Å². The van der Waals surface area contributed by atoms with E-state index in [2.05, 4.69) is 4.99 Å². The fourth-order valence-electron chi connectivity index (χ4n) is 1.14. The summed E-state index contributed by atoms with van der Waals surface area (Å²) in [7, 11) is 4.44. The SMILES string of the molecule is CN=Cc1c(N)n(C)c(=O)n(C)c1=O. The van der Waals surface area contributed by atoms with Gasteiger partial charge in [-0.05, 0) is 0 Å². The average Bonchev–Trinajstić information content (AvgIpc) is 2.19. The molecular formula is C8H12N4O2. The predicted octanol–water partition coefficient (Wildman–Crippen LogP) is -1.29. The number of aromatic nitrogens is 2. The van der Waals surface area contributed by atoms with Crippen molar-refractivity contribution in [3.63, 3.8) is 0 Å². The standard InChI is InChI=1S/C8H12N4O2/c1-10-4-5-6(9)11(2)8(14)12(3)7(5)13/h4H,9H2,1-3H3. The molecule has 0 fully saturated rings. The molecule has 1 aromatic heterocycles. The Morgan fingerprint density at radius 3 is 2.36 bits per heavy atom. The lowest BCUT2D eigenvalue weighted by Crippen LogP contribution is -2.40. The van der Waals surface area contributed by atoms with Crippen molar-refractivity contribution >= 4 is 12.0 Å². The Morgan fingerprint density at radius 1 is 1.29 bits per heavy atom. The molecule has 76 valence electrons. The van der Waals surface area contributed by atoms with Crippen molar-refractivity contribution in [1.29, 1.82) is 0 Å². The summed E-state index contributed by atoms with van der Waals surface area (Å²) in [6.45, 7) is 0. The second-order valence-electron chi connectivity index (χ2n) is 2.89. The molecule has 0 aliphatic carbocycles. The molecule has 6 heteroatoms. The van der Waals surface area contributed by atoms with E-state index in [1.54, 1.807) is 0 Å². The largest absolute Gasteiger partial charge is 0.384 e. The Morgan fingerprint density at radius 2 is 1.86 bits per heavy atom. The van der Waals surface area contributed by atoms with Gasteiger partial charge in [-0.25, -0.2) is 4.79 Å². The molecule has 0 aliphatic heterocycles. The van der Waals surface area contributed by atoms with Crippen LogP contribution in [-0.4, -0.2) is 22.4 Å². The summed E-state index contributed by atoms with van der Waals surface area (Å²) < 4.78 is 2.20. The predicted molar refractivity (Wildman–Crippen MR) is 54.9 cm³/mol. The molecule has 1 rings (SSSR count). The molecule has 0 bridgehead atoms. The van der Waals surface area contributed by atoms with Gasteiger partial charge in [-0.2, -0.15) is 0 Å². The second kappa shape index (κ2) is 3.49. The normalized spacial score (nSPS) is 11.1. The number of nitrogens with two attached hydrogens (primary N) is 1. The van der Waals surface area contributed by atoms with Gasteiger partial charge in [0.05, 0.1) is 5.56 Å². The van der Waals surface area contributed by atoms with Gasteiger partial charge >= 0.3 is 5.69 Å². The van der Waals surface area contributed by atoms with Crippen molar-refractivity contribution in [2.45, 2.75) is 0 Å². The van der Waals surface area contributed by atoms with Crippen molar-refractivity contribution in [2.75, 3.05) is 12.8 Å². The van der Waals surface area contributed by atoms with Gasteiger partial charge < -0.3 is 5.73 Å². The zero-order valence-corrected chi connectivity index (χ0v) is 8.31. The zero-order valence-electron chi connectivity index (χ0n) is 8.31. The number of nitrogens with zero attached hydrogens (tertiary/aromatic N) is 3. The molecule has 0 atom stereocenters. The third-order valence-corrected chi connectivity index (χ3v) is 2.00. The van der Waals surface area contributed by atoms with Crippen molar-refractivity contribution < 1.29 is 0 Å². The lowest BCUT2D eigenvalue weighted by Gasteiger charge is -2.07. The highest BCUT2D eigenvalue weighted by Gasteiger charge is 2.10. The quantitative estimate of drug-likeness (QED) is 0.567. The van der Waals surface area contributed by atoms with E-state index in [0.29, 0.717) is 0 Å². The summed E-state index contributed by atoms with van der Waals surface area (Å²) in [5, 5.41) is 0. The summed E-state index contributed by atoms with van der Waals surface area (Å²) >= 11 is 0. The number of aliphatic imine (C=N–C) groups is 1. The third kappa shape index (κ3) is 1.34. The highest BCUT2D eigenvalue weighted by atomic mass is 16.2. The summed E-state index contributed by atoms with van der Waals surface area (Å²) in [4.78, 5) is 26.6. The summed E-state index contributed by atoms with van der Waals surface area (Å²) in [6, 6.07) is 0. The molecule has 0 unspecified atom stereocenters. The molecule has 14 heavy (non-hydrogen) atoms. The van der Waals surface area contributed by atoms with Gasteiger partial charge in [-0.1, -0.05) is 0 Å². The molecule has 0 radical (unpaired) electrons. The van der Waals surface area contributed by atoms with Crippen LogP contribution in [0.5, 0.6) is 0 Å². The minimum atomic E-state index is -0.444. The molecule has 2 N–H and O–H groups in total. The van der Waals surface area contributed by atoms with Gasteiger partial charge in [-0.3, -0.25) is 18.9 Å². The monoisotopic (exact) mass is 196 g/mol. The van der Waals surface area contributed by atoms with Gasteiger partial charge in [0.2, 0.25) is 0 Å². The first kappa shape index (κ1) is 10.2. The van der Waals surface area contributed by atoms with Gasteiger partial charge in [0, 0.05) is 27.4 Å². The lowest BCUT2D eigenvalue weighted by atomic mass is 10.3. The van der Waals surface area contributed by atoms with Crippen LogP contribution in [0.3, 0.4) is 0 Å². The van der Waals surface area contributed by atoms with Crippen LogP contribution in [0.2, 0.25) is 0 Å². The van der Waals surface area contributed by atoms with Crippen LogP contribution in [0, 0.1) is 0 Å². The molecule has 1 aromatic rings. The molecule has 0 aromatic carbocycles. The van der Waals surface area contributed by atoms with E-state index in [1.807, 2.05) is 0 Å². The molecule has 1 heterocycles. The minimum Gasteiger partial charge on any atom is -0.384 e. The van der Waals surface area contributed by atoms with Crippen LogP contribution < -0.4 is 17.0 Å². The third-order valence-electron chi connectivity index (χ3n) is 2.00. The molecule has 0 aliphatic rings. The number of hydrogen-bond donors (Lipinski definition) is 1. The topological polar surface area (TPSA) is 82.4 Å². The molecule has 6 nitrogen and oxygen atoms in total. The van der Waals surface area contributed by atoms with E-state index in [1.165, 1.54) is 31.9 Å². The highest BCUT2D eigenvalue weighted by Crippen LogP contribution is 1.98. The fraction of sp³-hybridized carbons (Fsp3) is 0.375. The van der Waals surface area contributed by atoms with E-state index < -0.39 is 11.2 Å². The highest BCUT2D eigenvalue weighted by molar-refractivity contribution is 5.84. The average molecular weight is 196 g/mol. The summed E-state index contributed by atoms with van der Waals surface area (Å²) in [5.74, 6) is 0.128. The minimum absolute atomic E-state index is 0.128. The Balaban J connectivity index is 3.78. The maximum absolute atomic E-state index is 11.5. The van der Waals surface area contributed by atoms with Crippen molar-refractivity contribution in [1.82, 2.24) is 9.13 Å². The lowest BCUT2D eigenvalue weighted by molar-refractivity contribution is 0.692. The maximum Gasteiger partial charge on any atom is 0.332 e. The van der Waals surface area contributed by atoms with Crippen LogP contribution in [0.1, 0.15) is 5.56 Å². The summed E-state index contributed by atoms with van der Waals surface area (Å²) in [6.07, 6.45) is 1.34. The zero-order chi connectivity index (χ0) is 10.9. The van der Waals surface area contributed by atoms with Gasteiger partial charge in [0.25, 0.3) is 5.56 Å².